The van der Waals surface area contributed by atoms with Gasteiger partial charge in [-0.05, 0) is 92.2 Å². The van der Waals surface area contributed by atoms with E-state index in [1.54, 1.807) is 0 Å². The Morgan fingerprint density at radius 1 is 1.09 bits per heavy atom. The average molecular weight is 460 g/mol. The van der Waals surface area contributed by atoms with Gasteiger partial charge in [-0.3, -0.25) is 0 Å². The Labute approximate surface area is 204 Å². The predicted molar refractivity (Wildman–Crippen MR) is 146 cm³/mol. The second-order valence-corrected chi connectivity index (χ2v) is 10.9. The zero-order valence-electron chi connectivity index (χ0n) is 21.0. The molecule has 1 saturated carbocycles. The van der Waals surface area contributed by atoms with Gasteiger partial charge in [0.1, 0.15) is 5.82 Å². The molecule has 2 aliphatic rings. The third kappa shape index (κ3) is 5.60. The Bertz CT molecular complexity index is 1080. The molecule has 1 unspecified atom stereocenters. The molecule has 1 fully saturated rings. The number of aromatic nitrogens is 1. The molecule has 0 bridgehead atoms. The molecule has 0 N–H and O–H groups in total. The van der Waals surface area contributed by atoms with Crippen LogP contribution in [-0.2, 0) is 0 Å². The fourth-order valence-electron chi connectivity index (χ4n) is 4.78. The maximum absolute atomic E-state index is 5.31. The fraction of sp³-hybridized carbons (Fsp3) is 0.448. The van der Waals surface area contributed by atoms with E-state index in [1.807, 2.05) is 32.1 Å². The Balaban J connectivity index is 1.69. The van der Waals surface area contributed by atoms with Gasteiger partial charge in [-0.2, -0.15) is 0 Å². The summed E-state index contributed by atoms with van der Waals surface area (Å²) in [6.45, 7) is 9.00. The molecule has 2 heterocycles. The van der Waals surface area contributed by atoms with E-state index >= 15 is 0 Å². The van der Waals surface area contributed by atoms with Crippen LogP contribution in [0.3, 0.4) is 0 Å². The Hall–Kier alpha value is -2.33. The lowest BCUT2D eigenvalue weighted by Crippen LogP contribution is -2.12. The van der Waals surface area contributed by atoms with Crippen LogP contribution in [0, 0.1) is 32.6 Å². The first-order valence-electron chi connectivity index (χ1n) is 12.2. The van der Waals surface area contributed by atoms with Crippen LogP contribution in [0.15, 0.2) is 46.9 Å². The molecule has 0 spiro atoms. The third-order valence-corrected chi connectivity index (χ3v) is 8.00. The topological polar surface area (TPSA) is 28.5 Å². The minimum atomic E-state index is 0.440. The van der Waals surface area contributed by atoms with Gasteiger partial charge < -0.3 is 4.90 Å². The summed E-state index contributed by atoms with van der Waals surface area (Å²) in [4.78, 5) is 11.9. The smallest absolute Gasteiger partial charge is 0.128 e. The van der Waals surface area contributed by atoms with E-state index in [0.717, 1.165) is 24.4 Å². The van der Waals surface area contributed by atoms with E-state index in [0.29, 0.717) is 11.8 Å². The number of aryl methyl sites for hydroxylation is 3. The van der Waals surface area contributed by atoms with Gasteiger partial charge in [0.05, 0.1) is 10.7 Å². The molecule has 1 aromatic carbocycles. The number of anilines is 1. The zero-order chi connectivity index (χ0) is 23.5. The van der Waals surface area contributed by atoms with E-state index in [2.05, 4.69) is 73.3 Å². The lowest BCUT2D eigenvalue weighted by Gasteiger charge is -2.23. The number of rotatable bonds is 5. The number of hydrogen-bond donors (Lipinski definition) is 0. The number of nitrogens with zero attached hydrogens (tertiary/aromatic N) is 3. The van der Waals surface area contributed by atoms with Crippen molar-refractivity contribution in [1.29, 1.82) is 0 Å². The summed E-state index contributed by atoms with van der Waals surface area (Å²) in [5, 5.41) is 3.59. The molecule has 1 aliphatic carbocycles. The summed E-state index contributed by atoms with van der Waals surface area (Å²) in [6, 6.07) is 8.89. The predicted octanol–water partition coefficient (Wildman–Crippen LogP) is 7.82. The highest BCUT2D eigenvalue weighted by molar-refractivity contribution is 8.16. The largest absolute Gasteiger partial charge is 0.363 e. The molecule has 1 atom stereocenters. The van der Waals surface area contributed by atoms with Gasteiger partial charge in [0.15, 0.2) is 0 Å². The number of hydrogen-bond acceptors (Lipinski definition) is 4. The molecule has 0 saturated heterocycles. The van der Waals surface area contributed by atoms with Crippen LogP contribution < -0.4 is 4.90 Å². The number of benzene rings is 1. The van der Waals surface area contributed by atoms with Gasteiger partial charge in [0.2, 0.25) is 0 Å². The monoisotopic (exact) mass is 459 g/mol. The molecule has 3 nitrogen and oxygen atoms in total. The first-order chi connectivity index (χ1) is 15.8. The van der Waals surface area contributed by atoms with E-state index in [-0.39, 0.29) is 0 Å². The summed E-state index contributed by atoms with van der Waals surface area (Å²) < 4.78 is 0. The molecular formula is C29H37N3S. The summed E-state index contributed by atoms with van der Waals surface area (Å²) in [7, 11) is 4.08. The second-order valence-electron chi connectivity index (χ2n) is 9.96. The zero-order valence-corrected chi connectivity index (χ0v) is 21.8. The lowest BCUT2D eigenvalue weighted by molar-refractivity contribution is 0.388. The van der Waals surface area contributed by atoms with Gasteiger partial charge in [-0.1, -0.05) is 48.9 Å². The normalized spacial score (nSPS) is 20.9. The molecule has 4 heteroatoms. The maximum atomic E-state index is 5.31. The fourth-order valence-corrected chi connectivity index (χ4v) is 5.78. The van der Waals surface area contributed by atoms with Crippen molar-refractivity contribution in [3.05, 3.63) is 69.8 Å². The van der Waals surface area contributed by atoms with Crippen LogP contribution in [0.2, 0.25) is 0 Å². The van der Waals surface area contributed by atoms with E-state index in [1.165, 1.54) is 57.7 Å². The Morgan fingerprint density at radius 2 is 1.82 bits per heavy atom. The van der Waals surface area contributed by atoms with Crippen LogP contribution in [0.25, 0.3) is 11.3 Å². The van der Waals surface area contributed by atoms with Gasteiger partial charge in [-0.15, -0.1) is 0 Å². The number of aliphatic imine (C=N–C) groups is 1. The van der Waals surface area contributed by atoms with Crippen molar-refractivity contribution in [1.82, 2.24) is 4.98 Å². The summed E-state index contributed by atoms with van der Waals surface area (Å²) in [6.07, 6.45) is 10.4. The van der Waals surface area contributed by atoms with Crippen molar-refractivity contribution in [3.8, 4) is 0 Å². The third-order valence-electron chi connectivity index (χ3n) is 6.86. The van der Waals surface area contributed by atoms with Crippen molar-refractivity contribution in [2.75, 3.05) is 19.0 Å². The molecular weight excluding hydrogens is 422 g/mol. The van der Waals surface area contributed by atoms with Gasteiger partial charge in [0, 0.05) is 31.8 Å². The van der Waals surface area contributed by atoms with Crippen LogP contribution >= 0.6 is 11.8 Å². The molecule has 1 aliphatic heterocycles. The van der Waals surface area contributed by atoms with Crippen molar-refractivity contribution < 1.29 is 0 Å². The molecule has 174 valence electrons. The Kier molecular flexibility index (Phi) is 7.43. The quantitative estimate of drug-likeness (QED) is 0.456. The second kappa shape index (κ2) is 10.3. The number of thioether (sulfide) groups is 1. The Morgan fingerprint density at radius 3 is 2.45 bits per heavy atom. The van der Waals surface area contributed by atoms with Crippen molar-refractivity contribution in [2.45, 2.75) is 59.8 Å². The van der Waals surface area contributed by atoms with Gasteiger partial charge >= 0.3 is 0 Å². The summed E-state index contributed by atoms with van der Waals surface area (Å²) >= 11 is 1.82. The highest BCUT2D eigenvalue weighted by atomic mass is 32.2. The van der Waals surface area contributed by atoms with Crippen LogP contribution in [0.1, 0.15) is 66.8 Å². The first kappa shape index (κ1) is 23.8. The minimum Gasteiger partial charge on any atom is -0.363 e. The molecule has 4 rings (SSSR count). The van der Waals surface area contributed by atoms with E-state index in [9.17, 15) is 0 Å². The lowest BCUT2D eigenvalue weighted by atomic mass is 9.84. The SMILES string of the molecule is Cc1cc(C)c(C2=CSC(=NC(=CC3CCC3)c3ccnc(N(C)C)c3)C(C)CC2)c(C)c1. The van der Waals surface area contributed by atoms with Crippen molar-refractivity contribution in [3.63, 3.8) is 0 Å². The van der Waals surface area contributed by atoms with Gasteiger partial charge in [-0.25, -0.2) is 9.98 Å². The molecule has 33 heavy (non-hydrogen) atoms. The van der Waals surface area contributed by atoms with E-state index < -0.39 is 0 Å². The summed E-state index contributed by atoms with van der Waals surface area (Å²) in [5.41, 5.74) is 9.26. The molecule has 0 radical (unpaired) electrons. The summed E-state index contributed by atoms with van der Waals surface area (Å²) in [5.74, 6) is 2.06. The van der Waals surface area contributed by atoms with Crippen LogP contribution in [0.4, 0.5) is 5.82 Å². The standard InChI is InChI=1S/C29H37N3S/c1-19-14-21(3)28(22(4)15-19)25-11-10-20(2)29(33-18-25)31-26(16-23-8-7-9-23)24-12-13-30-27(17-24)32(5)6/h12-18,20,23H,7-11H2,1-6H3. The first-order valence-corrected chi connectivity index (χ1v) is 13.1. The van der Waals surface area contributed by atoms with Crippen LogP contribution in [-0.4, -0.2) is 24.1 Å². The highest BCUT2D eigenvalue weighted by Gasteiger charge is 2.21. The van der Waals surface area contributed by atoms with Crippen molar-refractivity contribution >= 4 is 33.9 Å². The average Bonchev–Trinajstić information content (AvgIpc) is 2.91. The van der Waals surface area contributed by atoms with Crippen molar-refractivity contribution in [2.24, 2.45) is 16.8 Å². The molecule has 0 amide bonds. The highest BCUT2D eigenvalue weighted by Crippen LogP contribution is 2.38. The number of pyridine rings is 1. The molecule has 2 aromatic rings. The van der Waals surface area contributed by atoms with Crippen LogP contribution in [0.5, 0.6) is 0 Å². The number of allylic oxidation sites excluding steroid dienone is 2. The maximum Gasteiger partial charge on any atom is 0.128 e. The minimum absolute atomic E-state index is 0.440. The van der Waals surface area contributed by atoms with E-state index in [4.69, 9.17) is 4.99 Å². The van der Waals surface area contributed by atoms with Gasteiger partial charge in [0.25, 0.3) is 0 Å². The molecule has 1 aromatic heterocycles.